The molecule has 0 saturated carbocycles. The van der Waals surface area contributed by atoms with E-state index >= 15 is 0 Å². The van der Waals surface area contributed by atoms with Crippen LogP contribution in [0.15, 0.2) is 0 Å². The van der Waals surface area contributed by atoms with E-state index in [0.717, 1.165) is 19.3 Å². The van der Waals surface area contributed by atoms with Crippen molar-refractivity contribution in [2.45, 2.75) is 90.0 Å². The van der Waals surface area contributed by atoms with Gasteiger partial charge in [0, 0.05) is 12.8 Å². The number of nitrogens with one attached hydrogen (secondary N) is 1. The molecule has 6 N–H and O–H groups in total. The van der Waals surface area contributed by atoms with Gasteiger partial charge in [-0.15, -0.1) is 0 Å². The van der Waals surface area contributed by atoms with E-state index in [9.17, 15) is 14.4 Å². The molecule has 0 spiro atoms. The molecule has 7 nitrogen and oxygen atoms in total. The van der Waals surface area contributed by atoms with Crippen LogP contribution in [0.1, 0.15) is 84.0 Å². The molecule has 0 unspecified atom stereocenters. The second kappa shape index (κ2) is 16.2. The number of rotatable bonds is 15. The van der Waals surface area contributed by atoms with Crippen molar-refractivity contribution in [2.75, 3.05) is 0 Å². The number of hydrogen-bond donors (Lipinski definition) is 4. The number of carboxylic acids is 2. The Hall–Kier alpha value is -1.63. The lowest BCUT2D eigenvalue weighted by molar-refractivity contribution is -0.143. The highest BCUT2D eigenvalue weighted by atomic mass is 16.4. The number of unbranched alkanes of at least 4 members (excludes halogenated alkanes) is 8. The second-order valence-corrected chi connectivity index (χ2v) is 5.97. The van der Waals surface area contributed by atoms with Crippen LogP contribution < -0.4 is 11.5 Å². The third-order valence-electron chi connectivity index (χ3n) is 3.79. The van der Waals surface area contributed by atoms with E-state index in [1.165, 1.54) is 38.5 Å². The van der Waals surface area contributed by atoms with Crippen LogP contribution in [-0.4, -0.2) is 34.1 Å². The molecule has 0 aliphatic heterocycles. The Labute approximate surface area is 144 Å². The Morgan fingerprint density at radius 1 is 0.833 bits per heavy atom. The summed E-state index contributed by atoms with van der Waals surface area (Å²) >= 11 is 0. The molecule has 1 amide bonds. The van der Waals surface area contributed by atoms with Crippen molar-refractivity contribution in [1.29, 1.82) is 0 Å². The zero-order valence-corrected chi connectivity index (χ0v) is 14.9. The minimum absolute atomic E-state index is 0. The van der Waals surface area contributed by atoms with Gasteiger partial charge in [0.15, 0.2) is 0 Å². The highest BCUT2D eigenvalue weighted by Gasteiger charge is 2.20. The van der Waals surface area contributed by atoms with E-state index in [2.05, 4.69) is 12.2 Å². The Morgan fingerprint density at radius 2 is 1.33 bits per heavy atom. The maximum atomic E-state index is 11.7. The van der Waals surface area contributed by atoms with Crippen molar-refractivity contribution in [3.05, 3.63) is 0 Å². The van der Waals surface area contributed by atoms with E-state index in [1.807, 2.05) is 0 Å². The van der Waals surface area contributed by atoms with Crippen LogP contribution >= 0.6 is 0 Å². The third kappa shape index (κ3) is 15.3. The van der Waals surface area contributed by atoms with Crippen molar-refractivity contribution in [1.82, 2.24) is 11.5 Å². The largest absolute Gasteiger partial charge is 0.481 e. The Kier molecular flexibility index (Phi) is 16.7. The van der Waals surface area contributed by atoms with E-state index in [4.69, 9.17) is 10.2 Å². The summed E-state index contributed by atoms with van der Waals surface area (Å²) in [6.45, 7) is 2.20. The van der Waals surface area contributed by atoms with Crippen LogP contribution in [0.2, 0.25) is 0 Å². The molecular weight excluding hydrogens is 312 g/mol. The molecular formula is C17H34N2O5. The molecule has 0 aliphatic rings. The van der Waals surface area contributed by atoms with Crippen LogP contribution in [0.4, 0.5) is 0 Å². The van der Waals surface area contributed by atoms with E-state index in [0.29, 0.717) is 6.42 Å². The molecule has 0 aromatic carbocycles. The van der Waals surface area contributed by atoms with Crippen LogP contribution in [-0.2, 0) is 14.4 Å². The average molecular weight is 346 g/mol. The molecule has 0 aromatic rings. The highest BCUT2D eigenvalue weighted by Crippen LogP contribution is 2.10. The smallest absolute Gasteiger partial charge is 0.326 e. The van der Waals surface area contributed by atoms with Crippen molar-refractivity contribution < 1.29 is 24.6 Å². The molecule has 0 fully saturated rings. The summed E-state index contributed by atoms with van der Waals surface area (Å²) in [7, 11) is 0. The van der Waals surface area contributed by atoms with Crippen LogP contribution in [0.5, 0.6) is 0 Å². The van der Waals surface area contributed by atoms with Crippen LogP contribution in [0.3, 0.4) is 0 Å². The number of aliphatic carboxylic acids is 2. The molecule has 0 radical (unpaired) electrons. The monoisotopic (exact) mass is 346 g/mol. The average Bonchev–Trinajstić information content (AvgIpc) is 2.49. The van der Waals surface area contributed by atoms with Gasteiger partial charge in [-0.1, -0.05) is 58.3 Å². The molecule has 0 rings (SSSR count). The highest BCUT2D eigenvalue weighted by molar-refractivity contribution is 5.83. The van der Waals surface area contributed by atoms with Gasteiger partial charge in [0.25, 0.3) is 0 Å². The third-order valence-corrected chi connectivity index (χ3v) is 3.79. The van der Waals surface area contributed by atoms with Gasteiger partial charge in [-0.2, -0.15) is 0 Å². The summed E-state index contributed by atoms with van der Waals surface area (Å²) in [5, 5.41) is 19.9. The molecule has 1 atom stereocenters. The SMILES string of the molecule is CCCCCCCCCCCC(=O)N[C@@H](CCC(=O)O)C(=O)O.N. The van der Waals surface area contributed by atoms with Crippen molar-refractivity contribution in [3.8, 4) is 0 Å². The molecule has 0 saturated heterocycles. The lowest BCUT2D eigenvalue weighted by Crippen LogP contribution is -2.41. The number of carboxylic acid groups (broad SMARTS) is 2. The quantitative estimate of drug-likeness (QED) is 0.335. The number of hydrogen-bond acceptors (Lipinski definition) is 4. The first-order valence-corrected chi connectivity index (χ1v) is 8.71. The lowest BCUT2D eigenvalue weighted by Gasteiger charge is -2.13. The van der Waals surface area contributed by atoms with Crippen LogP contribution in [0, 0.1) is 0 Å². The van der Waals surface area contributed by atoms with Gasteiger partial charge in [-0.3, -0.25) is 9.59 Å². The van der Waals surface area contributed by atoms with Gasteiger partial charge in [-0.25, -0.2) is 4.79 Å². The molecule has 24 heavy (non-hydrogen) atoms. The topological polar surface area (TPSA) is 139 Å². The van der Waals surface area contributed by atoms with Gasteiger partial charge in [-0.05, 0) is 12.8 Å². The fourth-order valence-electron chi connectivity index (χ4n) is 2.39. The van der Waals surface area contributed by atoms with Gasteiger partial charge in [0.05, 0.1) is 0 Å². The summed E-state index contributed by atoms with van der Waals surface area (Å²) in [5.41, 5.74) is 0. The summed E-state index contributed by atoms with van der Waals surface area (Å²) < 4.78 is 0. The maximum absolute atomic E-state index is 11.7. The van der Waals surface area contributed by atoms with Gasteiger partial charge < -0.3 is 21.7 Å². The van der Waals surface area contributed by atoms with Gasteiger partial charge in [0.2, 0.25) is 5.91 Å². The Balaban J connectivity index is 0. The first kappa shape index (κ1) is 24.6. The van der Waals surface area contributed by atoms with Gasteiger partial charge >= 0.3 is 11.9 Å². The predicted octanol–water partition coefficient (Wildman–Crippen LogP) is 3.50. The number of carbonyl (C=O) groups excluding carboxylic acids is 1. The van der Waals surface area contributed by atoms with E-state index in [1.54, 1.807) is 0 Å². The maximum Gasteiger partial charge on any atom is 0.326 e. The zero-order valence-electron chi connectivity index (χ0n) is 14.9. The summed E-state index contributed by atoms with van der Waals surface area (Å²) in [6.07, 6.45) is 10.3. The van der Waals surface area contributed by atoms with E-state index in [-0.39, 0.29) is 24.9 Å². The van der Waals surface area contributed by atoms with Crippen molar-refractivity contribution >= 4 is 17.8 Å². The molecule has 0 aliphatic carbocycles. The fourth-order valence-corrected chi connectivity index (χ4v) is 2.39. The van der Waals surface area contributed by atoms with Crippen molar-refractivity contribution in [3.63, 3.8) is 0 Å². The normalized spacial score (nSPS) is 11.4. The molecule has 142 valence electrons. The first-order valence-electron chi connectivity index (χ1n) is 8.71. The van der Waals surface area contributed by atoms with Gasteiger partial charge in [0.1, 0.15) is 6.04 Å². The summed E-state index contributed by atoms with van der Waals surface area (Å²) in [4.78, 5) is 33.1. The number of carbonyl (C=O) groups is 3. The minimum atomic E-state index is -1.19. The van der Waals surface area contributed by atoms with Crippen molar-refractivity contribution in [2.24, 2.45) is 0 Å². The number of amides is 1. The molecule has 0 bridgehead atoms. The first-order chi connectivity index (χ1) is 11.0. The van der Waals surface area contributed by atoms with Crippen LogP contribution in [0.25, 0.3) is 0 Å². The molecule has 0 aromatic heterocycles. The second-order valence-electron chi connectivity index (χ2n) is 5.97. The summed E-state index contributed by atoms with van der Waals surface area (Å²) in [5.74, 6) is -2.57. The molecule has 7 heteroatoms. The zero-order chi connectivity index (χ0) is 17.5. The Bertz CT molecular complexity index is 361. The summed E-state index contributed by atoms with van der Waals surface area (Å²) in [6, 6.07) is -1.11. The lowest BCUT2D eigenvalue weighted by atomic mass is 10.1. The molecule has 0 heterocycles. The van der Waals surface area contributed by atoms with E-state index < -0.39 is 18.0 Å². The predicted molar refractivity (Wildman–Crippen MR) is 93.3 cm³/mol. The fraction of sp³-hybridized carbons (Fsp3) is 0.824. The minimum Gasteiger partial charge on any atom is -0.481 e. The Morgan fingerprint density at radius 3 is 1.79 bits per heavy atom. The standard InChI is InChI=1S/C17H31NO5.H3N/c1-2-3-4-5-6-7-8-9-10-11-15(19)18-14(17(22)23)12-13-16(20)21;/h14H,2-13H2,1H3,(H,18,19)(H,20,21)(H,22,23);1H3/t14-;/m0./s1.